The van der Waals surface area contributed by atoms with Gasteiger partial charge in [0.1, 0.15) is 28.2 Å². The van der Waals surface area contributed by atoms with E-state index in [1.165, 1.54) is 35.5 Å². The minimum absolute atomic E-state index is 0.184. The van der Waals surface area contributed by atoms with E-state index in [0.29, 0.717) is 59.8 Å². The largest absolute Gasteiger partial charge is 0.496 e. The van der Waals surface area contributed by atoms with Gasteiger partial charge in [0, 0.05) is 43.9 Å². The molecule has 0 radical (unpaired) electrons. The third kappa shape index (κ3) is 5.75. The van der Waals surface area contributed by atoms with Gasteiger partial charge in [0.05, 0.1) is 58.2 Å². The first-order valence-electron chi connectivity index (χ1n) is 13.6. The Kier molecular flexibility index (Phi) is 8.86. The highest BCUT2D eigenvalue weighted by atomic mass is 35.5. The molecule has 0 unspecified atom stereocenters. The molecule has 10 nitrogen and oxygen atoms in total. The molecule has 0 spiro atoms. The van der Waals surface area contributed by atoms with Gasteiger partial charge in [-0.25, -0.2) is 0 Å². The van der Waals surface area contributed by atoms with Crippen molar-refractivity contribution in [2.45, 2.75) is 6.42 Å². The summed E-state index contributed by atoms with van der Waals surface area (Å²) < 4.78 is 33.9. The highest BCUT2D eigenvalue weighted by Crippen LogP contribution is 2.43. The van der Waals surface area contributed by atoms with Crippen molar-refractivity contribution in [1.82, 2.24) is 4.90 Å². The van der Waals surface area contributed by atoms with Gasteiger partial charge in [-0.15, -0.1) is 0 Å². The number of rotatable bonds is 9. The third-order valence-electron chi connectivity index (χ3n) is 7.56. The quantitative estimate of drug-likeness (QED) is 0.258. The van der Waals surface area contributed by atoms with E-state index in [-0.39, 0.29) is 45.8 Å². The first-order valence-corrected chi connectivity index (χ1v) is 14.0. The number of carbonyl (C=O) groups is 1. The molecule has 4 aromatic rings. The number of halogens is 1. The molecule has 5 rings (SSSR count). The fourth-order valence-corrected chi connectivity index (χ4v) is 5.60. The summed E-state index contributed by atoms with van der Waals surface area (Å²) in [6.07, 6.45) is -0.189. The topological polar surface area (TPSA) is 99.9 Å². The number of anilines is 1. The molecular weight excluding hydrogens is 576 g/mol. The van der Waals surface area contributed by atoms with Gasteiger partial charge in [0.2, 0.25) is 17.1 Å². The summed E-state index contributed by atoms with van der Waals surface area (Å²) in [5, 5.41) is 0.877. The fourth-order valence-electron chi connectivity index (χ4n) is 5.35. The molecule has 43 heavy (non-hydrogen) atoms. The van der Waals surface area contributed by atoms with Gasteiger partial charge in [-0.2, -0.15) is 0 Å². The highest BCUT2D eigenvalue weighted by Gasteiger charge is 2.28. The highest BCUT2D eigenvalue weighted by molar-refractivity contribution is 6.33. The molecule has 1 aliphatic heterocycles. The van der Waals surface area contributed by atoms with Crippen molar-refractivity contribution in [3.8, 4) is 40.1 Å². The van der Waals surface area contributed by atoms with Gasteiger partial charge in [-0.05, 0) is 24.3 Å². The average Bonchev–Trinajstić information content (AvgIpc) is 3.04. The number of hydrogen-bond acceptors (Lipinski definition) is 9. The van der Waals surface area contributed by atoms with Crippen molar-refractivity contribution in [1.29, 1.82) is 0 Å². The molecule has 1 aliphatic rings. The van der Waals surface area contributed by atoms with Crippen molar-refractivity contribution in [2.75, 3.05) is 66.6 Å². The van der Waals surface area contributed by atoms with Gasteiger partial charge in [0.15, 0.2) is 11.5 Å². The van der Waals surface area contributed by atoms with Crippen LogP contribution in [0.15, 0.2) is 57.7 Å². The van der Waals surface area contributed by atoms with E-state index in [0.717, 1.165) is 5.69 Å². The second kappa shape index (κ2) is 12.7. The Hall–Kier alpha value is -4.57. The number of nitrogens with zero attached hydrogens (tertiary/aromatic N) is 2. The average molecular weight is 609 g/mol. The smallest absolute Gasteiger partial charge is 0.227 e. The second-order valence-electron chi connectivity index (χ2n) is 9.85. The molecule has 0 N–H and O–H groups in total. The van der Waals surface area contributed by atoms with E-state index in [9.17, 15) is 9.59 Å². The van der Waals surface area contributed by atoms with Crippen LogP contribution in [0.3, 0.4) is 0 Å². The van der Waals surface area contributed by atoms with Crippen LogP contribution >= 0.6 is 11.6 Å². The Bertz CT molecular complexity index is 1690. The van der Waals surface area contributed by atoms with Crippen molar-refractivity contribution < 1.29 is 32.9 Å². The molecule has 3 aromatic carbocycles. The SMILES string of the molecule is COc1cc(OC)c2c(=O)c(CC(=O)N3CCN(c4ccccc4Cl)CC3)c(-c3cc(OC)c(OC)c(OC)c3)oc2c1. The first kappa shape index (κ1) is 29.9. The number of carbonyl (C=O) groups excluding carboxylic acids is 1. The fraction of sp³-hybridized carbons (Fsp3) is 0.312. The van der Waals surface area contributed by atoms with Crippen LogP contribution in [0.5, 0.6) is 28.7 Å². The van der Waals surface area contributed by atoms with E-state index < -0.39 is 0 Å². The summed E-state index contributed by atoms with van der Waals surface area (Å²) in [5.74, 6) is 1.85. The molecule has 0 atom stereocenters. The van der Waals surface area contributed by atoms with Gasteiger partial charge < -0.3 is 37.9 Å². The standard InChI is InChI=1S/C32H33ClN2O8/c1-38-20-16-24(39-2)29-25(17-20)43-31(19-14-26(40-3)32(42-5)27(15-19)41-4)21(30(29)37)18-28(36)35-12-10-34(11-13-35)23-9-7-6-8-22(23)33/h6-9,14-17H,10-13,18H2,1-5H3. The van der Waals surface area contributed by atoms with Crippen LogP contribution in [-0.2, 0) is 11.2 Å². The number of para-hydroxylation sites is 1. The minimum Gasteiger partial charge on any atom is -0.496 e. The maximum atomic E-state index is 14.2. The molecule has 226 valence electrons. The minimum atomic E-state index is -0.382. The van der Waals surface area contributed by atoms with Crippen LogP contribution < -0.4 is 34.0 Å². The molecule has 2 heterocycles. The number of methoxy groups -OCH3 is 5. The number of ether oxygens (including phenoxy) is 5. The molecular formula is C32H33ClN2O8. The molecule has 1 aromatic heterocycles. The maximum Gasteiger partial charge on any atom is 0.227 e. The lowest BCUT2D eigenvalue weighted by molar-refractivity contribution is -0.130. The molecule has 1 fully saturated rings. The third-order valence-corrected chi connectivity index (χ3v) is 7.88. The lowest BCUT2D eigenvalue weighted by Crippen LogP contribution is -2.49. The Morgan fingerprint density at radius 1 is 0.837 bits per heavy atom. The number of benzene rings is 3. The van der Waals surface area contributed by atoms with Crippen molar-refractivity contribution >= 4 is 34.2 Å². The predicted octanol–water partition coefficient (Wildman–Crippen LogP) is 5.05. The summed E-state index contributed by atoms with van der Waals surface area (Å²) in [5.41, 5.74) is 1.45. The summed E-state index contributed by atoms with van der Waals surface area (Å²) in [7, 11) is 7.48. The van der Waals surface area contributed by atoms with Gasteiger partial charge in [-0.1, -0.05) is 23.7 Å². The maximum absolute atomic E-state index is 14.2. The van der Waals surface area contributed by atoms with E-state index in [4.69, 9.17) is 39.7 Å². The number of amides is 1. The lowest BCUT2D eigenvalue weighted by Gasteiger charge is -2.36. The summed E-state index contributed by atoms with van der Waals surface area (Å²) >= 11 is 6.40. The van der Waals surface area contributed by atoms with Crippen LogP contribution in [-0.4, -0.2) is 72.5 Å². The zero-order valence-electron chi connectivity index (χ0n) is 24.7. The number of fused-ring (bicyclic) bond motifs is 1. The van der Waals surface area contributed by atoms with Crippen LogP contribution in [0, 0.1) is 0 Å². The van der Waals surface area contributed by atoms with Gasteiger partial charge >= 0.3 is 0 Å². The summed E-state index contributed by atoms with van der Waals surface area (Å²) in [6.45, 7) is 2.16. The Labute approximate surface area is 254 Å². The Balaban J connectivity index is 1.58. The Morgan fingerprint density at radius 3 is 2.07 bits per heavy atom. The van der Waals surface area contributed by atoms with Crippen molar-refractivity contribution in [2.24, 2.45) is 0 Å². The molecule has 11 heteroatoms. The second-order valence-corrected chi connectivity index (χ2v) is 10.3. The van der Waals surface area contributed by atoms with Crippen LogP contribution in [0.1, 0.15) is 5.56 Å². The van der Waals surface area contributed by atoms with Crippen molar-refractivity contribution in [3.05, 3.63) is 69.3 Å². The lowest BCUT2D eigenvalue weighted by atomic mass is 10.00. The normalized spacial score (nSPS) is 13.2. The molecule has 0 aliphatic carbocycles. The van der Waals surface area contributed by atoms with Gasteiger partial charge in [0.25, 0.3) is 0 Å². The van der Waals surface area contributed by atoms with Crippen molar-refractivity contribution in [3.63, 3.8) is 0 Å². The summed E-state index contributed by atoms with van der Waals surface area (Å²) in [4.78, 5) is 31.8. The predicted molar refractivity (Wildman–Crippen MR) is 165 cm³/mol. The monoisotopic (exact) mass is 608 g/mol. The van der Waals surface area contributed by atoms with Crippen LogP contribution in [0.4, 0.5) is 5.69 Å². The van der Waals surface area contributed by atoms with E-state index in [1.807, 2.05) is 24.3 Å². The molecule has 1 amide bonds. The zero-order chi connectivity index (χ0) is 30.7. The first-order chi connectivity index (χ1) is 20.8. The molecule has 1 saturated heterocycles. The van der Waals surface area contributed by atoms with Gasteiger partial charge in [-0.3, -0.25) is 9.59 Å². The number of piperazine rings is 1. The Morgan fingerprint density at radius 2 is 1.49 bits per heavy atom. The van der Waals surface area contributed by atoms with E-state index >= 15 is 0 Å². The molecule has 0 bridgehead atoms. The number of hydrogen-bond donors (Lipinski definition) is 0. The summed E-state index contributed by atoms with van der Waals surface area (Å²) in [6, 6.07) is 14.2. The zero-order valence-corrected chi connectivity index (χ0v) is 25.4. The van der Waals surface area contributed by atoms with E-state index in [2.05, 4.69) is 4.90 Å². The van der Waals surface area contributed by atoms with Crippen LogP contribution in [0.25, 0.3) is 22.3 Å². The van der Waals surface area contributed by atoms with E-state index in [1.54, 1.807) is 29.2 Å². The van der Waals surface area contributed by atoms with Crippen LogP contribution in [0.2, 0.25) is 5.02 Å². The molecule has 0 saturated carbocycles.